The number of fused-ring (bicyclic) bond motifs is 4. The van der Waals surface area contributed by atoms with Crippen LogP contribution in [0.3, 0.4) is 0 Å². The average Bonchev–Trinajstić information content (AvgIpc) is 2.45. The number of aliphatic imine (C=N–C) groups is 1. The molecule has 1 aromatic rings. The van der Waals surface area contributed by atoms with Crippen molar-refractivity contribution in [3.05, 3.63) is 57.0 Å². The molecule has 116 valence electrons. The first-order valence-corrected chi connectivity index (χ1v) is 8.12. The molecule has 2 atom stereocenters. The maximum atomic E-state index is 11.7. The summed E-state index contributed by atoms with van der Waals surface area (Å²) >= 11 is 0. The van der Waals surface area contributed by atoms with E-state index >= 15 is 0 Å². The van der Waals surface area contributed by atoms with Gasteiger partial charge in [0.2, 0.25) is 5.56 Å². The summed E-state index contributed by atoms with van der Waals surface area (Å²) in [5.74, 6) is 0.345. The number of nitrogens with one attached hydrogen (secondary N) is 1. The van der Waals surface area contributed by atoms with Crippen molar-refractivity contribution >= 4 is 5.71 Å². The summed E-state index contributed by atoms with van der Waals surface area (Å²) in [6.07, 6.45) is 7.29. The molecular formula is C19H24N2O. The fourth-order valence-corrected chi connectivity index (χ4v) is 4.03. The highest BCUT2D eigenvalue weighted by atomic mass is 16.1. The Morgan fingerprint density at radius 3 is 2.95 bits per heavy atom. The van der Waals surface area contributed by atoms with Gasteiger partial charge in [-0.3, -0.25) is 9.79 Å². The zero-order valence-corrected chi connectivity index (χ0v) is 13.9. The quantitative estimate of drug-likeness (QED) is 0.652. The molecule has 1 N–H and O–H groups in total. The van der Waals surface area contributed by atoms with Crippen molar-refractivity contribution in [2.75, 3.05) is 0 Å². The van der Waals surface area contributed by atoms with Gasteiger partial charge in [0.05, 0.1) is 0 Å². The van der Waals surface area contributed by atoms with E-state index in [4.69, 9.17) is 4.99 Å². The van der Waals surface area contributed by atoms with Gasteiger partial charge in [-0.05, 0) is 45.3 Å². The Labute approximate surface area is 131 Å². The van der Waals surface area contributed by atoms with E-state index in [1.807, 2.05) is 6.07 Å². The average molecular weight is 296 g/mol. The second-order valence-electron chi connectivity index (χ2n) is 6.52. The maximum Gasteiger partial charge on any atom is 0.248 e. The summed E-state index contributed by atoms with van der Waals surface area (Å²) < 4.78 is 0. The van der Waals surface area contributed by atoms with Crippen LogP contribution in [-0.4, -0.2) is 10.7 Å². The van der Waals surface area contributed by atoms with Gasteiger partial charge in [-0.1, -0.05) is 24.6 Å². The third-order valence-electron chi connectivity index (χ3n) is 4.97. The largest absolute Gasteiger partial charge is 0.326 e. The molecule has 2 bridgehead atoms. The van der Waals surface area contributed by atoms with Crippen molar-refractivity contribution < 1.29 is 0 Å². The number of hydrogen-bond acceptors (Lipinski definition) is 2. The Balaban J connectivity index is 2.33. The molecule has 0 aromatic carbocycles. The number of allylic oxidation sites excluding steroid dienone is 2. The van der Waals surface area contributed by atoms with Crippen LogP contribution in [0.1, 0.15) is 51.8 Å². The molecule has 3 nitrogen and oxygen atoms in total. The van der Waals surface area contributed by atoms with E-state index in [1.165, 1.54) is 16.7 Å². The lowest BCUT2D eigenvalue weighted by Gasteiger charge is -2.45. The summed E-state index contributed by atoms with van der Waals surface area (Å²) in [5.41, 5.74) is 5.82. The van der Waals surface area contributed by atoms with Gasteiger partial charge < -0.3 is 4.98 Å². The van der Waals surface area contributed by atoms with Crippen LogP contribution in [0.15, 0.2) is 45.2 Å². The lowest BCUT2D eigenvalue weighted by atomic mass is 9.63. The van der Waals surface area contributed by atoms with Crippen LogP contribution in [0.5, 0.6) is 0 Å². The van der Waals surface area contributed by atoms with Gasteiger partial charge in [0.25, 0.3) is 0 Å². The second kappa shape index (κ2) is 5.38. The summed E-state index contributed by atoms with van der Waals surface area (Å²) in [6, 6.07) is 3.62. The Morgan fingerprint density at radius 2 is 2.27 bits per heavy atom. The van der Waals surface area contributed by atoms with Gasteiger partial charge >= 0.3 is 0 Å². The zero-order valence-electron chi connectivity index (χ0n) is 13.9. The van der Waals surface area contributed by atoms with E-state index in [0.29, 0.717) is 5.92 Å². The fraction of sp³-hybridized carbons (Fsp3) is 0.474. The van der Waals surface area contributed by atoms with Gasteiger partial charge in [0, 0.05) is 35.4 Å². The highest BCUT2D eigenvalue weighted by Crippen LogP contribution is 2.52. The summed E-state index contributed by atoms with van der Waals surface area (Å²) in [6.45, 7) is 8.55. The molecule has 0 aliphatic heterocycles. The highest BCUT2D eigenvalue weighted by molar-refractivity contribution is 5.82. The first-order valence-electron chi connectivity index (χ1n) is 8.12. The van der Waals surface area contributed by atoms with Crippen LogP contribution in [0.2, 0.25) is 0 Å². The number of nitrogens with zero attached hydrogens (tertiary/aromatic N) is 1. The molecule has 0 saturated carbocycles. The zero-order chi connectivity index (χ0) is 15.9. The van der Waals surface area contributed by atoms with E-state index in [9.17, 15) is 4.79 Å². The minimum atomic E-state index is -0.323. The Morgan fingerprint density at radius 1 is 1.50 bits per heavy atom. The van der Waals surface area contributed by atoms with Crippen molar-refractivity contribution in [3.63, 3.8) is 0 Å². The Hall–Kier alpha value is -1.90. The lowest BCUT2D eigenvalue weighted by molar-refractivity contribution is 0.411. The molecule has 0 spiro atoms. The van der Waals surface area contributed by atoms with E-state index < -0.39 is 0 Å². The third kappa shape index (κ3) is 2.20. The van der Waals surface area contributed by atoms with E-state index in [-0.39, 0.29) is 11.1 Å². The van der Waals surface area contributed by atoms with Crippen LogP contribution in [0.4, 0.5) is 0 Å². The molecule has 2 unspecified atom stereocenters. The van der Waals surface area contributed by atoms with Crippen LogP contribution in [0.25, 0.3) is 0 Å². The van der Waals surface area contributed by atoms with E-state index in [2.05, 4.69) is 44.8 Å². The number of aromatic amines is 1. The van der Waals surface area contributed by atoms with Gasteiger partial charge in [0.15, 0.2) is 0 Å². The SMILES string of the molecule is CC=C1C2C=C(C)CC1(N=C(C)CC)c1ccc(=O)[nH]c1C2. The van der Waals surface area contributed by atoms with Crippen molar-refractivity contribution in [2.45, 2.75) is 52.5 Å². The molecule has 22 heavy (non-hydrogen) atoms. The number of aromatic nitrogens is 1. The van der Waals surface area contributed by atoms with Gasteiger partial charge in [0.1, 0.15) is 5.54 Å². The van der Waals surface area contributed by atoms with Gasteiger partial charge in [-0.25, -0.2) is 0 Å². The standard InChI is InChI=1S/C19H24N2O/c1-5-13(4)21-19-11-12(3)9-14(15(19)6-2)10-17-16(19)7-8-18(22)20-17/h6-9,14H,5,10-11H2,1-4H3,(H,20,22). The number of rotatable bonds is 2. The minimum absolute atomic E-state index is 0.0206. The predicted octanol–water partition coefficient (Wildman–Crippen LogP) is 3.91. The normalized spacial score (nSPS) is 29.3. The van der Waals surface area contributed by atoms with Crippen LogP contribution >= 0.6 is 0 Å². The summed E-state index contributed by atoms with van der Waals surface area (Å²) in [4.78, 5) is 20.0. The van der Waals surface area contributed by atoms with Crippen molar-refractivity contribution in [3.8, 4) is 0 Å². The topological polar surface area (TPSA) is 45.2 Å². The summed E-state index contributed by atoms with van der Waals surface area (Å²) in [5, 5.41) is 0. The highest BCUT2D eigenvalue weighted by Gasteiger charge is 2.46. The molecule has 0 saturated heterocycles. The third-order valence-corrected chi connectivity index (χ3v) is 4.97. The molecule has 3 rings (SSSR count). The molecule has 0 amide bonds. The van der Waals surface area contributed by atoms with Gasteiger partial charge in [-0.2, -0.15) is 0 Å². The maximum absolute atomic E-state index is 11.7. The number of pyridine rings is 1. The fourth-order valence-electron chi connectivity index (χ4n) is 4.03. The van der Waals surface area contributed by atoms with E-state index in [1.54, 1.807) is 6.07 Å². The van der Waals surface area contributed by atoms with Gasteiger partial charge in [-0.15, -0.1) is 0 Å². The van der Waals surface area contributed by atoms with Crippen molar-refractivity contribution in [2.24, 2.45) is 10.9 Å². The molecule has 3 heteroatoms. The van der Waals surface area contributed by atoms with Crippen LogP contribution in [-0.2, 0) is 12.0 Å². The van der Waals surface area contributed by atoms with Crippen molar-refractivity contribution in [1.82, 2.24) is 4.98 Å². The first-order chi connectivity index (χ1) is 10.5. The lowest BCUT2D eigenvalue weighted by Crippen LogP contribution is -2.41. The number of hydrogen-bond donors (Lipinski definition) is 1. The van der Waals surface area contributed by atoms with Crippen LogP contribution in [0, 0.1) is 5.92 Å². The monoisotopic (exact) mass is 296 g/mol. The molecule has 2 aliphatic carbocycles. The Bertz CT molecular complexity index is 751. The molecular weight excluding hydrogens is 272 g/mol. The first kappa shape index (κ1) is 15.0. The van der Waals surface area contributed by atoms with E-state index in [0.717, 1.165) is 30.7 Å². The minimum Gasteiger partial charge on any atom is -0.326 e. The van der Waals surface area contributed by atoms with Crippen molar-refractivity contribution in [1.29, 1.82) is 0 Å². The molecule has 1 heterocycles. The molecule has 0 radical (unpaired) electrons. The number of H-pyrrole nitrogens is 1. The summed E-state index contributed by atoms with van der Waals surface area (Å²) in [7, 11) is 0. The van der Waals surface area contributed by atoms with Crippen LogP contribution < -0.4 is 5.56 Å². The predicted molar refractivity (Wildman–Crippen MR) is 91.5 cm³/mol. The second-order valence-corrected chi connectivity index (χ2v) is 6.52. The Kier molecular flexibility index (Phi) is 3.67. The molecule has 1 aromatic heterocycles. The molecule has 2 aliphatic rings. The smallest absolute Gasteiger partial charge is 0.248 e. The molecule has 0 fully saturated rings.